The molecule has 6 heteroatoms. The number of rotatable bonds is 9. The number of carbonyl (C=O) groups excluding carboxylic acids is 2. The Labute approximate surface area is 211 Å². The summed E-state index contributed by atoms with van der Waals surface area (Å²) in [7, 11) is 3.99. The van der Waals surface area contributed by atoms with Gasteiger partial charge in [0.25, 0.3) is 0 Å². The fraction of sp³-hybridized carbons (Fsp3) is 0.333. The first-order chi connectivity index (χ1) is 17.4. The van der Waals surface area contributed by atoms with Crippen LogP contribution in [0.2, 0.25) is 0 Å². The van der Waals surface area contributed by atoms with E-state index in [2.05, 4.69) is 51.7 Å². The van der Waals surface area contributed by atoms with Gasteiger partial charge in [-0.25, -0.2) is 0 Å². The van der Waals surface area contributed by atoms with Crippen LogP contribution in [-0.2, 0) is 33.2 Å². The van der Waals surface area contributed by atoms with Gasteiger partial charge in [-0.15, -0.1) is 12.3 Å². The first-order valence-electron chi connectivity index (χ1n) is 12.2. The minimum Gasteiger partial charge on any atom is -0.465 e. The van der Waals surface area contributed by atoms with E-state index < -0.39 is 17.4 Å². The van der Waals surface area contributed by atoms with Gasteiger partial charge >= 0.3 is 11.9 Å². The third kappa shape index (κ3) is 4.26. The molecule has 0 fully saturated rings. The summed E-state index contributed by atoms with van der Waals surface area (Å²) in [5, 5.41) is 2.11. The van der Waals surface area contributed by atoms with E-state index >= 15 is 0 Å². The van der Waals surface area contributed by atoms with E-state index in [4.69, 9.17) is 15.9 Å². The summed E-state index contributed by atoms with van der Waals surface area (Å²) in [6.07, 6.45) is 9.91. The summed E-state index contributed by atoms with van der Waals surface area (Å²) >= 11 is 0. The van der Waals surface area contributed by atoms with Crippen LogP contribution in [0.25, 0.3) is 21.8 Å². The Kier molecular flexibility index (Phi) is 7.21. The maximum absolute atomic E-state index is 13.5. The lowest BCUT2D eigenvalue weighted by Gasteiger charge is -2.31. The Balaban J connectivity index is 2.00. The molecule has 4 rings (SSSR count). The van der Waals surface area contributed by atoms with Crippen LogP contribution in [-0.4, -0.2) is 34.3 Å². The van der Waals surface area contributed by atoms with Crippen LogP contribution in [0.4, 0.5) is 0 Å². The number of ether oxygens (including phenoxy) is 2. The minimum absolute atomic E-state index is 0.114. The van der Waals surface area contributed by atoms with Crippen LogP contribution in [0, 0.1) is 17.8 Å². The number of para-hydroxylation sites is 2. The molecule has 0 aliphatic carbocycles. The van der Waals surface area contributed by atoms with Gasteiger partial charge in [0.15, 0.2) is 5.41 Å². The quantitative estimate of drug-likeness (QED) is 0.183. The summed E-state index contributed by atoms with van der Waals surface area (Å²) in [5.41, 5.74) is 2.51. The highest BCUT2D eigenvalue weighted by atomic mass is 16.6. The van der Waals surface area contributed by atoms with Gasteiger partial charge in [-0.2, -0.15) is 0 Å². The highest BCUT2D eigenvalue weighted by Crippen LogP contribution is 2.45. The number of carbonyl (C=O) groups is 2. The van der Waals surface area contributed by atoms with Gasteiger partial charge in [0.05, 0.1) is 13.2 Å². The van der Waals surface area contributed by atoms with Crippen molar-refractivity contribution in [3.05, 3.63) is 72.1 Å². The van der Waals surface area contributed by atoms with Gasteiger partial charge in [0, 0.05) is 60.6 Å². The number of aryl methyl sites for hydroxylation is 2. The van der Waals surface area contributed by atoms with E-state index in [-0.39, 0.29) is 32.0 Å². The molecular formula is C30H32N2O4. The molecule has 0 spiro atoms. The maximum Gasteiger partial charge on any atom is 0.324 e. The number of benzene rings is 2. The van der Waals surface area contributed by atoms with E-state index in [1.54, 1.807) is 13.8 Å². The minimum atomic E-state index is -1.64. The van der Waals surface area contributed by atoms with Crippen molar-refractivity contribution in [2.75, 3.05) is 13.2 Å². The monoisotopic (exact) mass is 484 g/mol. The van der Waals surface area contributed by atoms with E-state index in [1.165, 1.54) is 0 Å². The molecule has 2 heterocycles. The van der Waals surface area contributed by atoms with Crippen LogP contribution in [0.1, 0.15) is 43.7 Å². The largest absolute Gasteiger partial charge is 0.465 e. The number of esters is 2. The number of nitrogens with zero attached hydrogens (tertiary/aromatic N) is 2. The van der Waals surface area contributed by atoms with E-state index in [9.17, 15) is 9.59 Å². The number of hydrogen-bond donors (Lipinski definition) is 0. The molecule has 0 unspecified atom stereocenters. The smallest absolute Gasteiger partial charge is 0.324 e. The van der Waals surface area contributed by atoms with Crippen molar-refractivity contribution in [2.45, 2.75) is 32.6 Å². The highest BCUT2D eigenvalue weighted by Gasteiger charge is 2.50. The Hall–Kier alpha value is -3.98. The van der Waals surface area contributed by atoms with Crippen LogP contribution in [0.5, 0.6) is 0 Å². The van der Waals surface area contributed by atoms with Crippen molar-refractivity contribution >= 4 is 33.7 Å². The summed E-state index contributed by atoms with van der Waals surface area (Å²) in [5.74, 6) is 0.946. The Morgan fingerprint density at radius 2 is 1.31 bits per heavy atom. The summed E-state index contributed by atoms with van der Waals surface area (Å²) in [4.78, 5) is 27.0. The molecule has 0 aliphatic rings. The Morgan fingerprint density at radius 1 is 0.861 bits per heavy atom. The number of hydrogen-bond acceptors (Lipinski definition) is 4. The molecule has 0 atom stereocenters. The lowest BCUT2D eigenvalue weighted by molar-refractivity contribution is -0.172. The molecule has 0 amide bonds. The van der Waals surface area contributed by atoms with Gasteiger partial charge in [0.2, 0.25) is 0 Å². The molecule has 2 aromatic heterocycles. The van der Waals surface area contributed by atoms with Crippen molar-refractivity contribution in [1.29, 1.82) is 0 Å². The molecule has 0 radical (unpaired) electrons. The number of aromatic nitrogens is 2. The van der Waals surface area contributed by atoms with E-state index in [0.29, 0.717) is 0 Å². The average molecular weight is 485 g/mol. The SMILES string of the molecule is C#CCC(CC(c1cn(C)c2ccccc12)c1cn(C)c2ccccc12)(C(=O)OCC)C(=O)OCC. The van der Waals surface area contributed by atoms with Gasteiger partial charge in [-0.1, -0.05) is 36.4 Å². The second kappa shape index (κ2) is 10.3. The van der Waals surface area contributed by atoms with Gasteiger partial charge in [0.1, 0.15) is 0 Å². The molecule has 36 heavy (non-hydrogen) atoms. The fourth-order valence-electron chi connectivity index (χ4n) is 5.22. The lowest BCUT2D eigenvalue weighted by Crippen LogP contribution is -2.43. The van der Waals surface area contributed by atoms with Crippen LogP contribution < -0.4 is 0 Å². The topological polar surface area (TPSA) is 62.5 Å². The molecule has 2 aromatic carbocycles. The first kappa shape index (κ1) is 25.1. The summed E-state index contributed by atoms with van der Waals surface area (Å²) < 4.78 is 15.0. The van der Waals surface area contributed by atoms with Crippen molar-refractivity contribution in [2.24, 2.45) is 19.5 Å². The zero-order valence-electron chi connectivity index (χ0n) is 21.3. The van der Waals surface area contributed by atoms with Crippen molar-refractivity contribution in [1.82, 2.24) is 9.13 Å². The van der Waals surface area contributed by atoms with Crippen molar-refractivity contribution in [3.63, 3.8) is 0 Å². The number of fused-ring (bicyclic) bond motifs is 2. The van der Waals surface area contributed by atoms with Crippen LogP contribution >= 0.6 is 0 Å². The summed E-state index contributed by atoms with van der Waals surface area (Å²) in [6.45, 7) is 3.71. The second-order valence-electron chi connectivity index (χ2n) is 9.09. The molecule has 4 aromatic rings. The molecule has 0 saturated carbocycles. The van der Waals surface area contributed by atoms with Crippen LogP contribution in [0.15, 0.2) is 60.9 Å². The molecule has 0 saturated heterocycles. The lowest BCUT2D eigenvalue weighted by atomic mass is 9.72. The molecule has 6 nitrogen and oxygen atoms in total. The standard InChI is InChI=1S/C30H32N2O4/c1-6-17-30(28(33)35-7-2,29(34)36-8-3)18-23(24-19-31(4)26-15-11-9-13-21(24)26)25-20-32(5)27-16-12-10-14-22(25)27/h1,9-16,19-20,23H,7-8,17-18H2,2-5H3. The first-order valence-corrected chi connectivity index (χ1v) is 12.2. The van der Waals surface area contributed by atoms with Crippen molar-refractivity contribution < 1.29 is 19.1 Å². The zero-order chi connectivity index (χ0) is 25.9. The Bertz CT molecular complexity index is 1350. The normalized spacial score (nSPS) is 11.7. The molecular weight excluding hydrogens is 452 g/mol. The predicted molar refractivity (Wildman–Crippen MR) is 141 cm³/mol. The summed E-state index contributed by atoms with van der Waals surface area (Å²) in [6, 6.07) is 16.3. The maximum atomic E-state index is 13.5. The van der Waals surface area contributed by atoms with E-state index in [1.807, 2.05) is 38.4 Å². The average Bonchev–Trinajstić information content (AvgIpc) is 3.39. The molecule has 0 N–H and O–H groups in total. The predicted octanol–water partition coefficient (Wildman–Crippen LogP) is 5.33. The fourth-order valence-corrected chi connectivity index (χ4v) is 5.22. The molecule has 0 bridgehead atoms. The zero-order valence-corrected chi connectivity index (χ0v) is 21.3. The van der Waals surface area contributed by atoms with Crippen LogP contribution in [0.3, 0.4) is 0 Å². The van der Waals surface area contributed by atoms with Gasteiger partial charge < -0.3 is 18.6 Å². The highest BCUT2D eigenvalue weighted by molar-refractivity contribution is 6.01. The number of terminal acetylenes is 1. The third-order valence-electron chi connectivity index (χ3n) is 6.90. The van der Waals surface area contributed by atoms with Gasteiger partial charge in [-0.05, 0) is 43.5 Å². The van der Waals surface area contributed by atoms with Crippen molar-refractivity contribution in [3.8, 4) is 12.3 Å². The molecule has 0 aliphatic heterocycles. The third-order valence-corrected chi connectivity index (χ3v) is 6.90. The van der Waals surface area contributed by atoms with E-state index in [0.717, 1.165) is 32.9 Å². The second-order valence-corrected chi connectivity index (χ2v) is 9.09. The Morgan fingerprint density at radius 3 is 1.72 bits per heavy atom. The molecule has 186 valence electrons. The van der Waals surface area contributed by atoms with Gasteiger partial charge in [-0.3, -0.25) is 9.59 Å².